The van der Waals surface area contributed by atoms with Crippen molar-refractivity contribution in [3.05, 3.63) is 42.0 Å². The summed E-state index contributed by atoms with van der Waals surface area (Å²) < 4.78 is 0. The van der Waals surface area contributed by atoms with Crippen LogP contribution in [0.2, 0.25) is 0 Å². The first-order chi connectivity index (χ1) is 5.77. The average molecular weight is 152 g/mol. The molecule has 0 saturated carbocycles. The summed E-state index contributed by atoms with van der Waals surface area (Å²) in [6, 6.07) is 12.3. The number of fused-ring (bicyclic) bond motifs is 1. The molecule has 0 fully saturated rings. The molecule has 56 valence electrons. The van der Waals surface area contributed by atoms with Gasteiger partial charge in [-0.05, 0) is 17.7 Å². The molecule has 2 aromatic carbocycles. The van der Waals surface area contributed by atoms with Crippen molar-refractivity contribution < 1.29 is 0 Å². The third-order valence-electron chi connectivity index (χ3n) is 2.07. The molecule has 1 heteroatoms. The van der Waals surface area contributed by atoms with Crippen molar-refractivity contribution in [2.75, 3.05) is 0 Å². The Bertz CT molecular complexity index is 418. The summed E-state index contributed by atoms with van der Waals surface area (Å²) >= 11 is 0. The SMILES string of the molecule is [B]c1cccc2cc(C)ccc12. The van der Waals surface area contributed by atoms with Gasteiger partial charge in [0, 0.05) is 0 Å². The van der Waals surface area contributed by atoms with Crippen LogP contribution < -0.4 is 5.46 Å². The van der Waals surface area contributed by atoms with E-state index in [0.29, 0.717) is 0 Å². The Morgan fingerprint density at radius 3 is 2.75 bits per heavy atom. The van der Waals surface area contributed by atoms with Crippen molar-refractivity contribution in [1.82, 2.24) is 0 Å². The van der Waals surface area contributed by atoms with Crippen LogP contribution in [0, 0.1) is 6.92 Å². The minimum absolute atomic E-state index is 0.854. The molecule has 0 nitrogen and oxygen atoms in total. The Hall–Kier alpha value is -1.24. The molecule has 0 aromatic heterocycles. The van der Waals surface area contributed by atoms with Crippen LogP contribution in [0.25, 0.3) is 10.8 Å². The zero-order valence-corrected chi connectivity index (χ0v) is 7.04. The largest absolute Gasteiger partial charge is 0.114 e. The van der Waals surface area contributed by atoms with E-state index in [9.17, 15) is 0 Å². The first-order valence-electron chi connectivity index (χ1n) is 4.02. The summed E-state index contributed by atoms with van der Waals surface area (Å²) in [4.78, 5) is 0. The average Bonchev–Trinajstić information content (AvgIpc) is 2.04. The molecular weight excluding hydrogens is 143 g/mol. The van der Waals surface area contributed by atoms with Crippen LogP contribution in [0.3, 0.4) is 0 Å². The number of benzene rings is 2. The third-order valence-corrected chi connectivity index (χ3v) is 2.07. The summed E-state index contributed by atoms with van der Waals surface area (Å²) in [7, 11) is 5.81. The van der Waals surface area contributed by atoms with Crippen molar-refractivity contribution in [2.24, 2.45) is 0 Å². The smallest absolute Gasteiger partial charge is 0.0890 e. The highest BCUT2D eigenvalue weighted by atomic mass is 14.0. The Kier molecular flexibility index (Phi) is 1.65. The highest BCUT2D eigenvalue weighted by Crippen LogP contribution is 2.12. The fourth-order valence-corrected chi connectivity index (χ4v) is 1.43. The van der Waals surface area contributed by atoms with E-state index in [1.165, 1.54) is 10.9 Å². The Morgan fingerprint density at radius 2 is 1.92 bits per heavy atom. The molecule has 2 aromatic rings. The zero-order chi connectivity index (χ0) is 8.55. The fourth-order valence-electron chi connectivity index (χ4n) is 1.43. The summed E-state index contributed by atoms with van der Waals surface area (Å²) in [5.41, 5.74) is 2.13. The van der Waals surface area contributed by atoms with Gasteiger partial charge in [-0.3, -0.25) is 0 Å². The van der Waals surface area contributed by atoms with Gasteiger partial charge in [-0.2, -0.15) is 0 Å². The number of hydrogen-bond acceptors (Lipinski definition) is 0. The molecule has 0 saturated heterocycles. The molecule has 0 N–H and O–H groups in total. The quantitative estimate of drug-likeness (QED) is 0.506. The zero-order valence-electron chi connectivity index (χ0n) is 7.04. The second-order valence-corrected chi connectivity index (χ2v) is 3.07. The molecule has 2 radical (unpaired) electrons. The van der Waals surface area contributed by atoms with Crippen molar-refractivity contribution in [3.63, 3.8) is 0 Å². The van der Waals surface area contributed by atoms with E-state index >= 15 is 0 Å². The molecule has 0 spiro atoms. The van der Waals surface area contributed by atoms with Crippen molar-refractivity contribution in [1.29, 1.82) is 0 Å². The van der Waals surface area contributed by atoms with Crippen molar-refractivity contribution >= 4 is 24.1 Å². The van der Waals surface area contributed by atoms with Crippen molar-refractivity contribution in [3.8, 4) is 0 Å². The topological polar surface area (TPSA) is 0 Å². The van der Waals surface area contributed by atoms with Gasteiger partial charge in [0.25, 0.3) is 0 Å². The van der Waals surface area contributed by atoms with Crippen LogP contribution in [-0.2, 0) is 0 Å². The van der Waals surface area contributed by atoms with Gasteiger partial charge in [0.2, 0.25) is 0 Å². The maximum atomic E-state index is 5.81. The summed E-state index contributed by atoms with van der Waals surface area (Å²) in [6.07, 6.45) is 0. The molecule has 2 rings (SSSR count). The summed E-state index contributed by atoms with van der Waals surface area (Å²) in [5.74, 6) is 0. The monoisotopic (exact) mass is 152 g/mol. The second-order valence-electron chi connectivity index (χ2n) is 3.07. The Balaban J connectivity index is 2.86. The van der Waals surface area contributed by atoms with Gasteiger partial charge < -0.3 is 0 Å². The third kappa shape index (κ3) is 1.12. The minimum atomic E-state index is 0.854. The molecule has 12 heavy (non-hydrogen) atoms. The highest BCUT2D eigenvalue weighted by molar-refractivity contribution is 6.38. The second kappa shape index (κ2) is 2.67. The normalized spacial score (nSPS) is 10.4. The Labute approximate surface area is 73.6 Å². The van der Waals surface area contributed by atoms with Gasteiger partial charge >= 0.3 is 0 Å². The maximum absolute atomic E-state index is 5.81. The molecule has 0 unspecified atom stereocenters. The lowest BCUT2D eigenvalue weighted by Gasteiger charge is -2.02. The first kappa shape index (κ1) is 7.42. The van der Waals surface area contributed by atoms with E-state index < -0.39 is 0 Å². The molecule has 0 heterocycles. The lowest BCUT2D eigenvalue weighted by Crippen LogP contribution is -2.02. The van der Waals surface area contributed by atoms with E-state index in [1.54, 1.807) is 0 Å². The van der Waals surface area contributed by atoms with Gasteiger partial charge in [0.15, 0.2) is 0 Å². The Morgan fingerprint density at radius 1 is 1.08 bits per heavy atom. The van der Waals surface area contributed by atoms with Gasteiger partial charge in [-0.25, -0.2) is 0 Å². The van der Waals surface area contributed by atoms with E-state index in [-0.39, 0.29) is 0 Å². The van der Waals surface area contributed by atoms with E-state index in [0.717, 1.165) is 10.8 Å². The molecule has 0 amide bonds. The van der Waals surface area contributed by atoms with Crippen LogP contribution in [0.15, 0.2) is 36.4 Å². The predicted octanol–water partition coefficient (Wildman–Crippen LogP) is 1.94. The molecule has 0 aliphatic carbocycles. The molecule has 0 atom stereocenters. The predicted molar refractivity (Wildman–Crippen MR) is 54.1 cm³/mol. The number of hydrogen-bond donors (Lipinski definition) is 0. The molecule has 0 bridgehead atoms. The molecular formula is C11H9B. The lowest BCUT2D eigenvalue weighted by molar-refractivity contribution is 1.51. The summed E-state index contributed by atoms with van der Waals surface area (Å²) in [5, 5.41) is 2.36. The summed E-state index contributed by atoms with van der Waals surface area (Å²) in [6.45, 7) is 2.09. The van der Waals surface area contributed by atoms with Gasteiger partial charge in [0.05, 0.1) is 0 Å². The van der Waals surface area contributed by atoms with Crippen molar-refractivity contribution in [2.45, 2.75) is 6.92 Å². The number of rotatable bonds is 0. The lowest BCUT2D eigenvalue weighted by atomic mass is 9.90. The van der Waals surface area contributed by atoms with E-state index in [1.807, 2.05) is 12.1 Å². The van der Waals surface area contributed by atoms with Gasteiger partial charge in [0.1, 0.15) is 7.85 Å². The van der Waals surface area contributed by atoms with Gasteiger partial charge in [-0.15, -0.1) is 0 Å². The van der Waals surface area contributed by atoms with Crippen LogP contribution in [0.1, 0.15) is 5.56 Å². The van der Waals surface area contributed by atoms with Crippen LogP contribution in [0.5, 0.6) is 0 Å². The first-order valence-corrected chi connectivity index (χ1v) is 4.02. The van der Waals surface area contributed by atoms with E-state index in [2.05, 4.69) is 31.2 Å². The highest BCUT2D eigenvalue weighted by Gasteiger charge is 1.94. The number of aryl methyl sites for hydroxylation is 1. The minimum Gasteiger partial charge on any atom is -0.0890 e. The van der Waals surface area contributed by atoms with Crippen LogP contribution in [0.4, 0.5) is 0 Å². The van der Waals surface area contributed by atoms with E-state index in [4.69, 9.17) is 7.85 Å². The molecule has 0 aliphatic heterocycles. The maximum Gasteiger partial charge on any atom is 0.114 e. The van der Waals surface area contributed by atoms with Gasteiger partial charge in [-0.1, -0.05) is 47.4 Å². The van der Waals surface area contributed by atoms with Crippen LogP contribution >= 0.6 is 0 Å². The van der Waals surface area contributed by atoms with Crippen LogP contribution in [-0.4, -0.2) is 7.85 Å². The fraction of sp³-hybridized carbons (Fsp3) is 0.0909. The molecule has 0 aliphatic rings. The standard InChI is InChI=1S/C11H9B/c1-8-5-6-10-9(7-8)3-2-4-11(10)12/h2-7H,1H3.